The summed E-state index contributed by atoms with van der Waals surface area (Å²) in [6, 6.07) is -1.37. The molecule has 102 valence electrons. The number of nitrogens with zero attached hydrogens (tertiary/aromatic N) is 2. The van der Waals surface area contributed by atoms with E-state index in [-0.39, 0.29) is 11.4 Å². The first kappa shape index (κ1) is 14.6. The number of hydrogen-bond acceptors (Lipinski definition) is 5. The molecule has 0 bridgehead atoms. The Morgan fingerprint density at radius 2 is 2.22 bits per heavy atom. The first-order valence-corrected chi connectivity index (χ1v) is 6.62. The van der Waals surface area contributed by atoms with Gasteiger partial charge in [-0.2, -0.15) is 4.72 Å². The first-order valence-electron chi connectivity index (χ1n) is 5.14. The topological polar surface area (TPSA) is 122 Å². The Kier molecular flexibility index (Phi) is 4.43. The molecule has 0 aliphatic carbocycles. The van der Waals surface area contributed by atoms with Gasteiger partial charge in [0.25, 0.3) is 10.0 Å². The van der Waals surface area contributed by atoms with Crippen molar-refractivity contribution in [3.63, 3.8) is 0 Å². The highest BCUT2D eigenvalue weighted by Gasteiger charge is 2.26. The lowest BCUT2D eigenvalue weighted by Crippen LogP contribution is -2.41. The fraction of sp³-hybridized carbons (Fsp3) is 0.556. The summed E-state index contributed by atoms with van der Waals surface area (Å²) in [5, 5.41) is 17.3. The second-order valence-corrected chi connectivity index (χ2v) is 5.42. The molecule has 0 amide bonds. The molecule has 18 heavy (non-hydrogen) atoms. The zero-order valence-electron chi connectivity index (χ0n) is 9.99. The van der Waals surface area contributed by atoms with Gasteiger partial charge in [0.15, 0.2) is 5.03 Å². The summed E-state index contributed by atoms with van der Waals surface area (Å²) >= 11 is 0. The van der Waals surface area contributed by atoms with E-state index in [1.807, 2.05) is 4.72 Å². The number of hydrogen-bond donors (Lipinski definition) is 3. The van der Waals surface area contributed by atoms with Crippen LogP contribution < -0.4 is 4.72 Å². The van der Waals surface area contributed by atoms with Gasteiger partial charge < -0.3 is 14.8 Å². The number of rotatable bonds is 6. The molecule has 0 aliphatic heterocycles. The van der Waals surface area contributed by atoms with Crippen LogP contribution in [0.4, 0.5) is 0 Å². The summed E-state index contributed by atoms with van der Waals surface area (Å²) in [6.07, 6.45) is 1.08. The Balaban J connectivity index is 2.96. The predicted octanol–water partition coefficient (Wildman–Crippen LogP) is -1.16. The second-order valence-electron chi connectivity index (χ2n) is 3.76. The zero-order chi connectivity index (χ0) is 13.9. The number of carbonyl (C=O) groups is 1. The third kappa shape index (κ3) is 3.28. The summed E-state index contributed by atoms with van der Waals surface area (Å²) in [5.74, 6) is -0.857. The average Bonchev–Trinajstić information content (AvgIpc) is 2.59. The van der Waals surface area contributed by atoms with Gasteiger partial charge in [-0.3, -0.25) is 4.79 Å². The molecule has 1 aromatic rings. The van der Waals surface area contributed by atoms with Crippen LogP contribution in [0.5, 0.6) is 0 Å². The van der Waals surface area contributed by atoms with Gasteiger partial charge >= 0.3 is 5.97 Å². The van der Waals surface area contributed by atoms with Crippen LogP contribution in [-0.4, -0.2) is 46.8 Å². The fourth-order valence-electron chi connectivity index (χ4n) is 1.27. The van der Waals surface area contributed by atoms with Crippen molar-refractivity contribution < 1.29 is 23.4 Å². The van der Waals surface area contributed by atoms with E-state index >= 15 is 0 Å². The molecule has 1 aromatic heterocycles. The third-order valence-corrected chi connectivity index (χ3v) is 3.72. The largest absolute Gasteiger partial charge is 0.480 e. The molecule has 0 saturated carbocycles. The molecule has 0 radical (unpaired) electrons. The van der Waals surface area contributed by atoms with E-state index in [4.69, 9.17) is 10.2 Å². The average molecular weight is 277 g/mol. The van der Waals surface area contributed by atoms with Crippen molar-refractivity contribution in [3.05, 3.63) is 12.0 Å². The van der Waals surface area contributed by atoms with Crippen LogP contribution in [0, 0.1) is 6.92 Å². The van der Waals surface area contributed by atoms with Gasteiger partial charge in [0.05, 0.1) is 0 Å². The Morgan fingerprint density at radius 1 is 1.61 bits per heavy atom. The first-order chi connectivity index (χ1) is 8.27. The van der Waals surface area contributed by atoms with Gasteiger partial charge in [-0.15, -0.1) is 0 Å². The monoisotopic (exact) mass is 277 g/mol. The highest BCUT2D eigenvalue weighted by Crippen LogP contribution is 2.09. The van der Waals surface area contributed by atoms with Gasteiger partial charge in [0, 0.05) is 19.9 Å². The molecule has 0 spiro atoms. The number of carboxylic acids is 1. The minimum Gasteiger partial charge on any atom is -0.480 e. The Labute approximate surface area is 104 Å². The molecule has 0 fully saturated rings. The molecule has 1 rings (SSSR count). The molecule has 0 saturated heterocycles. The number of nitrogens with one attached hydrogen (secondary N) is 1. The van der Waals surface area contributed by atoms with Crippen LogP contribution in [0.25, 0.3) is 0 Å². The van der Waals surface area contributed by atoms with Gasteiger partial charge in [-0.05, 0) is 13.3 Å². The summed E-state index contributed by atoms with van der Waals surface area (Å²) in [5.41, 5.74) is 0. The lowest BCUT2D eigenvalue weighted by atomic mass is 10.2. The lowest BCUT2D eigenvalue weighted by molar-refractivity contribution is -0.139. The number of carboxylic acid groups (broad SMARTS) is 1. The van der Waals surface area contributed by atoms with Gasteiger partial charge in [-0.25, -0.2) is 13.4 Å². The summed E-state index contributed by atoms with van der Waals surface area (Å²) in [7, 11) is -2.37. The van der Waals surface area contributed by atoms with E-state index in [0.29, 0.717) is 5.82 Å². The lowest BCUT2D eigenvalue weighted by Gasteiger charge is -2.11. The minimum atomic E-state index is -4.00. The number of aliphatic carboxylic acids is 1. The molecule has 0 aromatic carbocycles. The predicted molar refractivity (Wildman–Crippen MR) is 61.4 cm³/mol. The maximum Gasteiger partial charge on any atom is 0.321 e. The van der Waals surface area contributed by atoms with Crippen molar-refractivity contribution in [1.82, 2.24) is 14.3 Å². The Bertz CT molecular complexity index is 517. The standard InChI is InChI=1S/C9H15N3O5S/c1-6-10-8(5-12(6)2)18(16,17)11-7(3-4-13)9(14)15/h5,7,11,13H,3-4H2,1-2H3,(H,14,15). The second kappa shape index (κ2) is 5.46. The van der Waals surface area contributed by atoms with Gasteiger partial charge in [-0.1, -0.05) is 0 Å². The van der Waals surface area contributed by atoms with Crippen LogP contribution in [0.15, 0.2) is 11.2 Å². The molecular weight excluding hydrogens is 262 g/mol. The highest BCUT2D eigenvalue weighted by molar-refractivity contribution is 7.89. The zero-order valence-corrected chi connectivity index (χ0v) is 10.8. The smallest absolute Gasteiger partial charge is 0.321 e. The van der Waals surface area contributed by atoms with E-state index in [1.165, 1.54) is 10.8 Å². The summed E-state index contributed by atoms with van der Waals surface area (Å²) in [6.45, 7) is 1.20. The van der Waals surface area contributed by atoms with Crippen LogP contribution in [0.1, 0.15) is 12.2 Å². The number of imidazole rings is 1. The molecule has 3 N–H and O–H groups in total. The molecule has 8 nitrogen and oxygen atoms in total. The van der Waals surface area contributed by atoms with Gasteiger partial charge in [0.2, 0.25) is 0 Å². The number of aliphatic hydroxyl groups is 1. The van der Waals surface area contributed by atoms with Crippen molar-refractivity contribution >= 4 is 16.0 Å². The van der Waals surface area contributed by atoms with E-state index in [1.54, 1.807) is 14.0 Å². The number of aryl methyl sites for hydroxylation is 2. The summed E-state index contributed by atoms with van der Waals surface area (Å²) < 4.78 is 27.2. The summed E-state index contributed by atoms with van der Waals surface area (Å²) in [4.78, 5) is 14.6. The normalized spacial score (nSPS) is 13.5. The van der Waals surface area contributed by atoms with Crippen LogP contribution >= 0.6 is 0 Å². The molecule has 0 aliphatic rings. The molecular formula is C9H15N3O5S. The quantitative estimate of drug-likeness (QED) is 0.603. The fourth-order valence-corrected chi connectivity index (χ4v) is 2.53. The van der Waals surface area contributed by atoms with E-state index in [0.717, 1.165) is 0 Å². The molecule has 9 heteroatoms. The van der Waals surface area contributed by atoms with Gasteiger partial charge in [0.1, 0.15) is 11.9 Å². The Morgan fingerprint density at radius 3 is 2.61 bits per heavy atom. The number of sulfonamides is 1. The highest BCUT2D eigenvalue weighted by atomic mass is 32.2. The van der Waals surface area contributed by atoms with Crippen molar-refractivity contribution in [1.29, 1.82) is 0 Å². The van der Waals surface area contributed by atoms with Crippen molar-refractivity contribution in [3.8, 4) is 0 Å². The molecule has 1 heterocycles. The van der Waals surface area contributed by atoms with E-state index in [2.05, 4.69) is 4.98 Å². The van der Waals surface area contributed by atoms with Crippen molar-refractivity contribution in [2.24, 2.45) is 7.05 Å². The van der Waals surface area contributed by atoms with Crippen LogP contribution in [0.2, 0.25) is 0 Å². The number of aromatic nitrogens is 2. The van der Waals surface area contributed by atoms with E-state index in [9.17, 15) is 13.2 Å². The maximum absolute atomic E-state index is 11.9. The van der Waals surface area contributed by atoms with E-state index < -0.39 is 28.6 Å². The third-order valence-electron chi connectivity index (χ3n) is 2.38. The van der Waals surface area contributed by atoms with Crippen molar-refractivity contribution in [2.45, 2.75) is 24.4 Å². The molecule has 1 atom stereocenters. The molecule has 1 unspecified atom stereocenters. The van der Waals surface area contributed by atoms with Crippen LogP contribution in [-0.2, 0) is 21.9 Å². The number of aliphatic hydroxyl groups excluding tert-OH is 1. The SMILES string of the molecule is Cc1nc(S(=O)(=O)NC(CCO)C(=O)O)cn1C. The minimum absolute atomic E-state index is 0.208. The Hall–Kier alpha value is -1.45. The van der Waals surface area contributed by atoms with Crippen molar-refractivity contribution in [2.75, 3.05) is 6.61 Å². The van der Waals surface area contributed by atoms with Crippen LogP contribution in [0.3, 0.4) is 0 Å². The maximum atomic E-state index is 11.9.